The number of hydrogen-bond donors (Lipinski definition) is 0. The molecule has 0 amide bonds. The number of aromatic nitrogens is 2. The van der Waals surface area contributed by atoms with Gasteiger partial charge in [-0.25, -0.2) is 9.97 Å². The zero-order chi connectivity index (χ0) is 13.0. The van der Waals surface area contributed by atoms with E-state index in [9.17, 15) is 0 Å². The van der Waals surface area contributed by atoms with Crippen molar-refractivity contribution in [2.45, 2.75) is 17.8 Å². The second-order valence-corrected chi connectivity index (χ2v) is 5.52. The number of methoxy groups -OCH3 is 1. The molecular weight excluding hydrogens is 312 g/mol. The van der Waals surface area contributed by atoms with Gasteiger partial charge in [-0.05, 0) is 36.8 Å². The molecule has 94 valence electrons. The number of rotatable bonds is 4. The molecule has 1 aromatic carbocycles. The van der Waals surface area contributed by atoms with E-state index in [1.807, 2.05) is 31.2 Å². The molecule has 18 heavy (non-hydrogen) atoms. The van der Waals surface area contributed by atoms with Crippen LogP contribution in [0, 0.1) is 6.92 Å². The standard InChI is InChI=1S/C13H13BrN2OS/c1-9-5-6-15-13(16-9)18-8-10-7-11(17-2)3-4-12(10)14/h3-7H,8H2,1-2H3. The van der Waals surface area contributed by atoms with Gasteiger partial charge in [0.05, 0.1) is 7.11 Å². The van der Waals surface area contributed by atoms with Crippen molar-refractivity contribution in [2.75, 3.05) is 7.11 Å². The van der Waals surface area contributed by atoms with E-state index in [-0.39, 0.29) is 0 Å². The van der Waals surface area contributed by atoms with E-state index in [0.717, 1.165) is 26.8 Å². The second-order valence-electron chi connectivity index (χ2n) is 3.73. The van der Waals surface area contributed by atoms with Crippen LogP contribution in [0.4, 0.5) is 0 Å². The summed E-state index contributed by atoms with van der Waals surface area (Å²) >= 11 is 5.15. The zero-order valence-corrected chi connectivity index (χ0v) is 12.6. The Morgan fingerprint density at radius 2 is 2.17 bits per heavy atom. The van der Waals surface area contributed by atoms with Crippen LogP contribution in [-0.2, 0) is 5.75 Å². The number of benzene rings is 1. The largest absolute Gasteiger partial charge is 0.497 e. The fourth-order valence-corrected chi connectivity index (χ4v) is 2.87. The maximum absolute atomic E-state index is 5.22. The molecule has 0 fully saturated rings. The van der Waals surface area contributed by atoms with E-state index in [0.29, 0.717) is 0 Å². The van der Waals surface area contributed by atoms with Crippen molar-refractivity contribution in [3.8, 4) is 5.75 Å². The number of hydrogen-bond acceptors (Lipinski definition) is 4. The Bertz CT molecular complexity index is 548. The summed E-state index contributed by atoms with van der Waals surface area (Å²) in [5, 5.41) is 0.796. The average Bonchev–Trinajstić information content (AvgIpc) is 2.38. The highest BCUT2D eigenvalue weighted by Gasteiger charge is 2.05. The molecule has 5 heteroatoms. The third-order valence-electron chi connectivity index (χ3n) is 2.38. The summed E-state index contributed by atoms with van der Waals surface area (Å²) in [6.07, 6.45) is 1.78. The van der Waals surface area contributed by atoms with E-state index in [1.54, 1.807) is 25.1 Å². The Hall–Kier alpha value is -1.07. The molecule has 2 aromatic rings. The number of nitrogens with zero attached hydrogens (tertiary/aromatic N) is 2. The Morgan fingerprint density at radius 3 is 2.89 bits per heavy atom. The van der Waals surface area contributed by atoms with Gasteiger partial charge < -0.3 is 4.74 Å². The molecule has 0 aliphatic rings. The first-order chi connectivity index (χ1) is 8.69. The molecule has 0 saturated heterocycles. The van der Waals surface area contributed by atoms with Gasteiger partial charge in [0.2, 0.25) is 0 Å². The smallest absolute Gasteiger partial charge is 0.188 e. The SMILES string of the molecule is COc1ccc(Br)c(CSc2nccc(C)n2)c1. The van der Waals surface area contributed by atoms with Crippen LogP contribution in [0.2, 0.25) is 0 Å². The molecule has 3 nitrogen and oxygen atoms in total. The summed E-state index contributed by atoms with van der Waals surface area (Å²) < 4.78 is 6.29. The van der Waals surface area contributed by atoms with Gasteiger partial charge in [-0.15, -0.1) is 0 Å². The molecule has 0 atom stereocenters. The molecule has 0 N–H and O–H groups in total. The summed E-state index contributed by atoms with van der Waals surface area (Å²) in [5.41, 5.74) is 2.15. The van der Waals surface area contributed by atoms with Crippen LogP contribution < -0.4 is 4.74 Å². The minimum absolute atomic E-state index is 0.796. The van der Waals surface area contributed by atoms with Gasteiger partial charge in [0, 0.05) is 22.1 Å². The fraction of sp³-hybridized carbons (Fsp3) is 0.231. The van der Waals surface area contributed by atoms with Gasteiger partial charge >= 0.3 is 0 Å². The lowest BCUT2D eigenvalue weighted by molar-refractivity contribution is 0.414. The van der Waals surface area contributed by atoms with Crippen LogP contribution in [-0.4, -0.2) is 17.1 Å². The van der Waals surface area contributed by atoms with Gasteiger partial charge in [-0.2, -0.15) is 0 Å². The summed E-state index contributed by atoms with van der Waals surface area (Å²) in [4.78, 5) is 8.60. The van der Waals surface area contributed by atoms with E-state index in [2.05, 4.69) is 25.9 Å². The molecule has 0 bridgehead atoms. The summed E-state index contributed by atoms with van der Waals surface area (Å²) in [6, 6.07) is 7.84. The lowest BCUT2D eigenvalue weighted by atomic mass is 10.2. The van der Waals surface area contributed by atoms with E-state index < -0.39 is 0 Å². The van der Waals surface area contributed by atoms with Crippen LogP contribution in [0.1, 0.15) is 11.3 Å². The fourth-order valence-electron chi connectivity index (χ4n) is 1.43. The molecular formula is C13H13BrN2OS. The lowest BCUT2D eigenvalue weighted by Crippen LogP contribution is -1.91. The van der Waals surface area contributed by atoms with Crippen LogP contribution in [0.3, 0.4) is 0 Å². The van der Waals surface area contributed by atoms with E-state index >= 15 is 0 Å². The predicted octanol–water partition coefficient (Wildman–Crippen LogP) is 3.85. The monoisotopic (exact) mass is 324 g/mol. The topological polar surface area (TPSA) is 35.0 Å². The molecule has 0 radical (unpaired) electrons. The zero-order valence-electron chi connectivity index (χ0n) is 10.2. The highest BCUT2D eigenvalue weighted by Crippen LogP contribution is 2.28. The molecule has 0 aliphatic heterocycles. The van der Waals surface area contributed by atoms with Crippen molar-refractivity contribution < 1.29 is 4.74 Å². The third-order valence-corrected chi connectivity index (χ3v) is 4.07. The highest BCUT2D eigenvalue weighted by molar-refractivity contribution is 9.10. The van der Waals surface area contributed by atoms with Crippen molar-refractivity contribution in [1.29, 1.82) is 0 Å². The first kappa shape index (κ1) is 13.4. The second kappa shape index (κ2) is 6.20. The quantitative estimate of drug-likeness (QED) is 0.632. The molecule has 0 unspecified atom stereocenters. The maximum Gasteiger partial charge on any atom is 0.188 e. The average molecular weight is 325 g/mol. The lowest BCUT2D eigenvalue weighted by Gasteiger charge is -2.06. The van der Waals surface area contributed by atoms with E-state index in [4.69, 9.17) is 4.74 Å². The Labute approximate surface area is 119 Å². The summed E-state index contributed by atoms with van der Waals surface area (Å²) in [7, 11) is 1.67. The minimum Gasteiger partial charge on any atom is -0.497 e. The van der Waals surface area contributed by atoms with Gasteiger partial charge in [-0.3, -0.25) is 0 Å². The maximum atomic E-state index is 5.22. The van der Waals surface area contributed by atoms with Gasteiger partial charge in [-0.1, -0.05) is 27.7 Å². The van der Waals surface area contributed by atoms with Crippen molar-refractivity contribution >= 4 is 27.7 Å². The van der Waals surface area contributed by atoms with Gasteiger partial charge in [0.15, 0.2) is 5.16 Å². The van der Waals surface area contributed by atoms with Crippen molar-refractivity contribution in [3.05, 3.63) is 46.2 Å². The van der Waals surface area contributed by atoms with Crippen LogP contribution in [0.25, 0.3) is 0 Å². The molecule has 1 heterocycles. The van der Waals surface area contributed by atoms with Gasteiger partial charge in [0.1, 0.15) is 5.75 Å². The Morgan fingerprint density at radius 1 is 1.33 bits per heavy atom. The summed E-state index contributed by atoms with van der Waals surface area (Å²) in [5.74, 6) is 1.67. The first-order valence-electron chi connectivity index (χ1n) is 5.44. The third kappa shape index (κ3) is 3.46. The van der Waals surface area contributed by atoms with E-state index in [1.165, 1.54) is 5.56 Å². The molecule has 1 aromatic heterocycles. The number of aryl methyl sites for hydroxylation is 1. The molecule has 0 aliphatic carbocycles. The summed E-state index contributed by atoms with van der Waals surface area (Å²) in [6.45, 7) is 1.97. The van der Waals surface area contributed by atoms with Crippen molar-refractivity contribution in [1.82, 2.24) is 9.97 Å². The van der Waals surface area contributed by atoms with Gasteiger partial charge in [0.25, 0.3) is 0 Å². The Balaban J connectivity index is 2.10. The number of thioether (sulfide) groups is 1. The predicted molar refractivity (Wildman–Crippen MR) is 77.0 cm³/mol. The van der Waals surface area contributed by atoms with Crippen molar-refractivity contribution in [3.63, 3.8) is 0 Å². The van der Waals surface area contributed by atoms with Crippen molar-refractivity contribution in [2.24, 2.45) is 0 Å². The first-order valence-corrected chi connectivity index (χ1v) is 7.22. The highest BCUT2D eigenvalue weighted by atomic mass is 79.9. The number of ether oxygens (including phenoxy) is 1. The normalized spacial score (nSPS) is 10.4. The van der Waals surface area contributed by atoms with Crippen LogP contribution in [0.5, 0.6) is 5.75 Å². The minimum atomic E-state index is 0.796. The Kier molecular flexibility index (Phi) is 4.60. The van der Waals surface area contributed by atoms with Crippen LogP contribution >= 0.6 is 27.7 Å². The molecule has 0 spiro atoms. The molecule has 0 saturated carbocycles. The number of halogens is 1. The van der Waals surface area contributed by atoms with Crippen LogP contribution in [0.15, 0.2) is 40.1 Å². The molecule has 2 rings (SSSR count).